The minimum Gasteiger partial charge on any atom is -0.484 e. The van der Waals surface area contributed by atoms with E-state index in [0.717, 1.165) is 6.54 Å². The number of para-hydroxylation sites is 1. The van der Waals surface area contributed by atoms with Crippen molar-refractivity contribution in [3.05, 3.63) is 66.2 Å². The maximum atomic E-state index is 12.0. The van der Waals surface area contributed by atoms with E-state index in [-0.39, 0.29) is 24.7 Å². The number of aliphatic hydroxyl groups excluding tert-OH is 1. The molecule has 2 N–H and O–H groups in total. The summed E-state index contributed by atoms with van der Waals surface area (Å²) in [6, 6.07) is 19.6. The summed E-state index contributed by atoms with van der Waals surface area (Å²) in [4.78, 5) is 14.2. The number of carbonyl (C=O) groups is 1. The van der Waals surface area contributed by atoms with Crippen LogP contribution >= 0.6 is 0 Å². The van der Waals surface area contributed by atoms with Crippen molar-refractivity contribution >= 4 is 5.91 Å². The summed E-state index contributed by atoms with van der Waals surface area (Å²) < 4.78 is 5.45. The van der Waals surface area contributed by atoms with Gasteiger partial charge in [0, 0.05) is 25.7 Å². The van der Waals surface area contributed by atoms with E-state index in [9.17, 15) is 9.90 Å². The van der Waals surface area contributed by atoms with E-state index in [0.29, 0.717) is 25.3 Å². The van der Waals surface area contributed by atoms with Crippen LogP contribution in [0.3, 0.4) is 0 Å². The van der Waals surface area contributed by atoms with Crippen LogP contribution in [-0.4, -0.2) is 47.8 Å². The average Bonchev–Trinajstić information content (AvgIpc) is 2.99. The van der Waals surface area contributed by atoms with Gasteiger partial charge in [0.05, 0.1) is 6.10 Å². The largest absolute Gasteiger partial charge is 0.484 e. The maximum Gasteiger partial charge on any atom is 0.257 e. The Balaban J connectivity index is 1.46. The molecule has 2 atom stereocenters. The quantitative estimate of drug-likeness (QED) is 0.807. The SMILES string of the molecule is O=C(COc1ccccc1)NCC1CC(O)CN1Cc1ccccc1. The number of hydrogen-bond donors (Lipinski definition) is 2. The molecule has 2 aromatic rings. The van der Waals surface area contributed by atoms with E-state index >= 15 is 0 Å². The lowest BCUT2D eigenvalue weighted by atomic mass is 10.1. The molecule has 1 heterocycles. The molecular weight excluding hydrogens is 316 g/mol. The minimum absolute atomic E-state index is 0.00201. The van der Waals surface area contributed by atoms with Gasteiger partial charge in [-0.3, -0.25) is 9.69 Å². The van der Waals surface area contributed by atoms with Crippen LogP contribution in [0.5, 0.6) is 5.75 Å². The highest BCUT2D eigenvalue weighted by molar-refractivity contribution is 5.77. The van der Waals surface area contributed by atoms with Crippen LogP contribution in [0, 0.1) is 0 Å². The van der Waals surface area contributed by atoms with Crippen LogP contribution in [0.25, 0.3) is 0 Å². The molecule has 1 fully saturated rings. The van der Waals surface area contributed by atoms with E-state index in [1.165, 1.54) is 5.56 Å². The number of ether oxygens (including phenoxy) is 1. The second kappa shape index (κ2) is 8.65. The molecule has 5 nitrogen and oxygen atoms in total. The molecule has 1 saturated heterocycles. The molecule has 2 aromatic carbocycles. The Labute approximate surface area is 148 Å². The molecule has 25 heavy (non-hydrogen) atoms. The first kappa shape index (κ1) is 17.5. The van der Waals surface area contributed by atoms with Crippen molar-refractivity contribution in [1.82, 2.24) is 10.2 Å². The second-order valence-electron chi connectivity index (χ2n) is 6.36. The van der Waals surface area contributed by atoms with Crippen molar-refractivity contribution in [2.45, 2.75) is 25.1 Å². The summed E-state index contributed by atoms with van der Waals surface area (Å²) in [6.07, 6.45) is 0.332. The number of likely N-dealkylation sites (tertiary alicyclic amines) is 1. The lowest BCUT2D eigenvalue weighted by Gasteiger charge is -2.24. The number of amides is 1. The smallest absolute Gasteiger partial charge is 0.257 e. The van der Waals surface area contributed by atoms with Crippen LogP contribution in [0.1, 0.15) is 12.0 Å². The molecule has 1 aliphatic rings. The van der Waals surface area contributed by atoms with Crippen molar-refractivity contribution in [2.24, 2.45) is 0 Å². The average molecular weight is 340 g/mol. The monoisotopic (exact) mass is 340 g/mol. The molecule has 1 aliphatic heterocycles. The fourth-order valence-electron chi connectivity index (χ4n) is 3.13. The predicted molar refractivity (Wildman–Crippen MR) is 96.2 cm³/mol. The lowest BCUT2D eigenvalue weighted by molar-refractivity contribution is -0.123. The molecule has 3 rings (SSSR count). The molecule has 0 spiro atoms. The Bertz CT molecular complexity index is 663. The van der Waals surface area contributed by atoms with Crippen molar-refractivity contribution < 1.29 is 14.6 Å². The first-order valence-electron chi connectivity index (χ1n) is 8.61. The summed E-state index contributed by atoms with van der Waals surface area (Å²) in [5, 5.41) is 12.9. The van der Waals surface area contributed by atoms with Crippen molar-refractivity contribution in [3.8, 4) is 5.75 Å². The highest BCUT2D eigenvalue weighted by Gasteiger charge is 2.30. The van der Waals surface area contributed by atoms with Crippen molar-refractivity contribution in [3.63, 3.8) is 0 Å². The number of nitrogens with one attached hydrogen (secondary N) is 1. The first-order chi connectivity index (χ1) is 12.2. The molecule has 0 aliphatic carbocycles. The molecule has 0 aromatic heterocycles. The third-order valence-corrected chi connectivity index (χ3v) is 4.38. The first-order valence-corrected chi connectivity index (χ1v) is 8.61. The molecule has 132 valence electrons. The second-order valence-corrected chi connectivity index (χ2v) is 6.36. The zero-order valence-electron chi connectivity index (χ0n) is 14.2. The van der Waals surface area contributed by atoms with Crippen molar-refractivity contribution in [1.29, 1.82) is 0 Å². The number of nitrogens with zero attached hydrogens (tertiary/aromatic N) is 1. The molecule has 0 bridgehead atoms. The van der Waals surface area contributed by atoms with Gasteiger partial charge in [-0.25, -0.2) is 0 Å². The van der Waals surface area contributed by atoms with Gasteiger partial charge in [0.2, 0.25) is 0 Å². The molecular formula is C20H24N2O3. The number of benzene rings is 2. The Morgan fingerprint density at radius 3 is 2.52 bits per heavy atom. The normalized spacial score (nSPS) is 20.4. The van der Waals surface area contributed by atoms with E-state index in [1.807, 2.05) is 48.5 Å². The van der Waals surface area contributed by atoms with Crippen LogP contribution in [0.4, 0.5) is 0 Å². The Hall–Kier alpha value is -2.37. The molecule has 0 radical (unpaired) electrons. The summed E-state index contributed by atoms with van der Waals surface area (Å²) >= 11 is 0. The van der Waals surface area contributed by atoms with Crippen LogP contribution in [0.15, 0.2) is 60.7 Å². The third-order valence-electron chi connectivity index (χ3n) is 4.38. The fraction of sp³-hybridized carbons (Fsp3) is 0.350. The highest BCUT2D eigenvalue weighted by Crippen LogP contribution is 2.20. The van der Waals surface area contributed by atoms with Gasteiger partial charge >= 0.3 is 0 Å². The summed E-state index contributed by atoms with van der Waals surface area (Å²) in [5.41, 5.74) is 1.21. The van der Waals surface area contributed by atoms with Gasteiger partial charge in [0.15, 0.2) is 6.61 Å². The van der Waals surface area contributed by atoms with Gasteiger partial charge in [-0.2, -0.15) is 0 Å². The van der Waals surface area contributed by atoms with Gasteiger partial charge in [-0.1, -0.05) is 48.5 Å². The molecule has 1 amide bonds. The van der Waals surface area contributed by atoms with Gasteiger partial charge in [0.1, 0.15) is 5.75 Å². The predicted octanol–water partition coefficient (Wildman–Crippen LogP) is 1.82. The van der Waals surface area contributed by atoms with Gasteiger partial charge in [-0.15, -0.1) is 0 Å². The zero-order valence-corrected chi connectivity index (χ0v) is 14.2. The van der Waals surface area contributed by atoms with Crippen molar-refractivity contribution in [2.75, 3.05) is 19.7 Å². The Morgan fingerprint density at radius 1 is 1.12 bits per heavy atom. The standard InChI is InChI=1S/C20H24N2O3/c23-18-11-17(22(14-18)13-16-7-3-1-4-8-16)12-21-20(24)15-25-19-9-5-2-6-10-19/h1-10,17-18,23H,11-15H2,(H,21,24). The third kappa shape index (κ3) is 5.31. The summed E-state index contributed by atoms with van der Waals surface area (Å²) in [6.45, 7) is 1.92. The van der Waals surface area contributed by atoms with Gasteiger partial charge in [-0.05, 0) is 24.1 Å². The summed E-state index contributed by atoms with van der Waals surface area (Å²) in [7, 11) is 0. The Kier molecular flexibility index (Phi) is 6.04. The van der Waals surface area contributed by atoms with Crippen LogP contribution in [-0.2, 0) is 11.3 Å². The van der Waals surface area contributed by atoms with E-state index in [1.54, 1.807) is 0 Å². The fourth-order valence-corrected chi connectivity index (χ4v) is 3.13. The molecule has 0 saturated carbocycles. The summed E-state index contributed by atoms with van der Waals surface area (Å²) in [5.74, 6) is 0.532. The molecule has 2 unspecified atom stereocenters. The van der Waals surface area contributed by atoms with Gasteiger partial charge in [0.25, 0.3) is 5.91 Å². The number of rotatable bonds is 7. The highest BCUT2D eigenvalue weighted by atomic mass is 16.5. The van der Waals surface area contributed by atoms with E-state index in [2.05, 4.69) is 22.3 Å². The number of carbonyl (C=O) groups excluding carboxylic acids is 1. The Morgan fingerprint density at radius 2 is 1.80 bits per heavy atom. The number of aliphatic hydroxyl groups is 1. The van der Waals surface area contributed by atoms with E-state index < -0.39 is 0 Å². The zero-order chi connectivity index (χ0) is 17.5. The number of β-amino-alcohol motifs (C(OH)–C–C–N with tert-alkyl or cyclic N) is 1. The van der Waals surface area contributed by atoms with Crippen LogP contribution in [0.2, 0.25) is 0 Å². The van der Waals surface area contributed by atoms with Gasteiger partial charge < -0.3 is 15.2 Å². The van der Waals surface area contributed by atoms with Crippen LogP contribution < -0.4 is 10.1 Å². The van der Waals surface area contributed by atoms with E-state index in [4.69, 9.17) is 4.74 Å². The lowest BCUT2D eigenvalue weighted by Crippen LogP contribution is -2.41. The molecule has 5 heteroatoms. The number of hydrogen-bond acceptors (Lipinski definition) is 4. The topological polar surface area (TPSA) is 61.8 Å². The minimum atomic E-state index is -0.341. The maximum absolute atomic E-state index is 12.0.